The summed E-state index contributed by atoms with van der Waals surface area (Å²) in [6, 6.07) is 6.37. The molecule has 0 aliphatic heterocycles. The van der Waals surface area contributed by atoms with Crippen molar-refractivity contribution in [2.24, 2.45) is 16.6 Å². The summed E-state index contributed by atoms with van der Waals surface area (Å²) in [6.07, 6.45) is 3.21. The summed E-state index contributed by atoms with van der Waals surface area (Å²) in [4.78, 5) is 18.0. The molecular formula is C20H32N4O2. The molecule has 1 aliphatic rings. The lowest BCUT2D eigenvalue weighted by atomic mass is 10.1. The van der Waals surface area contributed by atoms with Crippen LogP contribution in [-0.4, -0.2) is 42.7 Å². The molecule has 6 nitrogen and oxygen atoms in total. The van der Waals surface area contributed by atoms with Gasteiger partial charge in [0.2, 0.25) is 0 Å². The number of nitrogens with one attached hydrogen (secondary N) is 1. The lowest BCUT2D eigenvalue weighted by Gasteiger charge is -2.26. The molecule has 3 N–H and O–H groups in total. The number of amides is 1. The first-order chi connectivity index (χ1) is 12.1. The average Bonchev–Trinajstić information content (AvgIpc) is 2.99. The van der Waals surface area contributed by atoms with Crippen LogP contribution in [0.1, 0.15) is 45.2 Å². The molecular weight excluding hydrogens is 328 g/mol. The minimum absolute atomic E-state index is 0.174. The molecule has 2 rings (SSSR count). The summed E-state index contributed by atoms with van der Waals surface area (Å²) >= 11 is 0. The van der Waals surface area contributed by atoms with Gasteiger partial charge in [0.05, 0.1) is 0 Å². The van der Waals surface area contributed by atoms with Gasteiger partial charge in [-0.15, -0.1) is 0 Å². The van der Waals surface area contributed by atoms with Gasteiger partial charge < -0.3 is 20.7 Å². The monoisotopic (exact) mass is 360 g/mol. The first-order valence-corrected chi connectivity index (χ1v) is 9.27. The molecule has 0 spiro atoms. The van der Waals surface area contributed by atoms with Crippen molar-refractivity contribution in [3.8, 4) is 0 Å². The Morgan fingerprint density at radius 3 is 2.73 bits per heavy atom. The van der Waals surface area contributed by atoms with Crippen molar-refractivity contribution >= 4 is 17.7 Å². The fourth-order valence-corrected chi connectivity index (χ4v) is 3.03. The molecule has 0 aromatic heterocycles. The maximum absolute atomic E-state index is 12.0. The molecule has 0 saturated carbocycles. The number of nitrogens with zero attached hydrogens (tertiary/aromatic N) is 2. The van der Waals surface area contributed by atoms with Gasteiger partial charge in [-0.3, -0.25) is 4.99 Å². The first-order valence-electron chi connectivity index (χ1n) is 9.27. The number of hydrogen-bond donors (Lipinski definition) is 2. The van der Waals surface area contributed by atoms with Gasteiger partial charge in [-0.25, -0.2) is 4.79 Å². The van der Waals surface area contributed by atoms with E-state index < -0.39 is 5.60 Å². The molecule has 6 heteroatoms. The number of fused-ring (bicyclic) bond motifs is 1. The summed E-state index contributed by atoms with van der Waals surface area (Å²) < 4.78 is 5.36. The van der Waals surface area contributed by atoms with Crippen LogP contribution in [0.15, 0.2) is 23.2 Å². The van der Waals surface area contributed by atoms with Crippen LogP contribution in [0.2, 0.25) is 0 Å². The zero-order chi connectivity index (χ0) is 19.3. The SMILES string of the molecule is CC(CN=C(N)Nc1ccc2c(c1)CCC2)CN(C)C(=O)OC(C)(C)C. The van der Waals surface area contributed by atoms with Crippen LogP contribution in [0.5, 0.6) is 0 Å². The Morgan fingerprint density at radius 2 is 2.04 bits per heavy atom. The van der Waals surface area contributed by atoms with E-state index in [4.69, 9.17) is 10.5 Å². The molecule has 1 atom stereocenters. The lowest BCUT2D eigenvalue weighted by molar-refractivity contribution is 0.0279. The van der Waals surface area contributed by atoms with Gasteiger partial charge in [0, 0.05) is 25.8 Å². The largest absolute Gasteiger partial charge is 0.444 e. The lowest BCUT2D eigenvalue weighted by Crippen LogP contribution is -2.37. The van der Waals surface area contributed by atoms with Gasteiger partial charge in [0.15, 0.2) is 5.96 Å². The summed E-state index contributed by atoms with van der Waals surface area (Å²) in [5.41, 5.74) is 9.33. The minimum atomic E-state index is -0.489. The highest BCUT2D eigenvalue weighted by molar-refractivity contribution is 5.92. The molecule has 1 aromatic carbocycles. The van der Waals surface area contributed by atoms with Crippen LogP contribution in [0.25, 0.3) is 0 Å². The Balaban J connectivity index is 1.81. The van der Waals surface area contributed by atoms with E-state index in [0.717, 1.165) is 12.1 Å². The molecule has 0 fully saturated rings. The number of aliphatic imine (C=N–C) groups is 1. The summed E-state index contributed by atoms with van der Waals surface area (Å²) in [5, 5.41) is 3.16. The second-order valence-corrected chi connectivity index (χ2v) is 8.15. The van der Waals surface area contributed by atoms with E-state index in [0.29, 0.717) is 19.0 Å². The Labute approximate surface area is 156 Å². The van der Waals surface area contributed by atoms with Crippen molar-refractivity contribution in [1.29, 1.82) is 0 Å². The number of carbonyl (C=O) groups excluding carboxylic acids is 1. The predicted octanol–water partition coefficient (Wildman–Crippen LogP) is 3.40. The van der Waals surface area contributed by atoms with Gasteiger partial charge in [-0.2, -0.15) is 0 Å². The second-order valence-electron chi connectivity index (χ2n) is 8.15. The molecule has 0 radical (unpaired) electrons. The van der Waals surface area contributed by atoms with Crippen LogP contribution in [-0.2, 0) is 17.6 Å². The topological polar surface area (TPSA) is 80.0 Å². The molecule has 1 aliphatic carbocycles. The van der Waals surface area contributed by atoms with Gasteiger partial charge in [0.25, 0.3) is 0 Å². The van der Waals surface area contributed by atoms with Crippen LogP contribution in [0.3, 0.4) is 0 Å². The van der Waals surface area contributed by atoms with Gasteiger partial charge in [-0.1, -0.05) is 13.0 Å². The fourth-order valence-electron chi connectivity index (χ4n) is 3.03. The van der Waals surface area contributed by atoms with E-state index in [9.17, 15) is 4.79 Å². The molecule has 144 valence electrons. The fraction of sp³-hybridized carbons (Fsp3) is 0.600. The van der Waals surface area contributed by atoms with Crippen molar-refractivity contribution < 1.29 is 9.53 Å². The third-order valence-electron chi connectivity index (χ3n) is 4.23. The number of aryl methyl sites for hydroxylation is 2. The van der Waals surface area contributed by atoms with Crippen LogP contribution in [0.4, 0.5) is 10.5 Å². The average molecular weight is 361 g/mol. The number of nitrogens with two attached hydrogens (primary N) is 1. The van der Waals surface area contributed by atoms with Crippen LogP contribution < -0.4 is 11.1 Å². The molecule has 1 amide bonds. The number of ether oxygens (including phenoxy) is 1. The summed E-state index contributed by atoms with van der Waals surface area (Å²) in [6.45, 7) is 8.71. The maximum Gasteiger partial charge on any atom is 0.410 e. The molecule has 0 heterocycles. The van der Waals surface area contributed by atoms with Gasteiger partial charge >= 0.3 is 6.09 Å². The van der Waals surface area contributed by atoms with Crippen molar-refractivity contribution in [3.63, 3.8) is 0 Å². The summed E-state index contributed by atoms with van der Waals surface area (Å²) in [5.74, 6) is 0.572. The third-order valence-corrected chi connectivity index (χ3v) is 4.23. The van der Waals surface area contributed by atoms with E-state index in [2.05, 4.69) is 22.4 Å². The van der Waals surface area contributed by atoms with E-state index in [1.165, 1.54) is 24.0 Å². The minimum Gasteiger partial charge on any atom is -0.444 e. The smallest absolute Gasteiger partial charge is 0.410 e. The zero-order valence-corrected chi connectivity index (χ0v) is 16.6. The van der Waals surface area contributed by atoms with Crippen molar-refractivity contribution in [2.75, 3.05) is 25.5 Å². The number of carbonyl (C=O) groups is 1. The van der Waals surface area contributed by atoms with E-state index >= 15 is 0 Å². The number of rotatable bonds is 5. The Kier molecular flexibility index (Phi) is 6.51. The van der Waals surface area contributed by atoms with E-state index in [-0.39, 0.29) is 12.0 Å². The molecule has 26 heavy (non-hydrogen) atoms. The highest BCUT2D eigenvalue weighted by Crippen LogP contribution is 2.24. The standard InChI is InChI=1S/C20H32N4O2/c1-14(13-24(5)19(25)26-20(2,3)4)12-22-18(21)23-17-10-9-15-7-6-8-16(15)11-17/h9-11,14H,6-8,12-13H2,1-5H3,(H3,21,22,23). The molecule has 0 bridgehead atoms. The number of benzene rings is 1. The first kappa shape index (κ1) is 20.1. The summed E-state index contributed by atoms with van der Waals surface area (Å²) in [7, 11) is 1.74. The Bertz CT molecular complexity index is 664. The number of anilines is 1. The zero-order valence-electron chi connectivity index (χ0n) is 16.6. The van der Waals surface area contributed by atoms with Crippen molar-refractivity contribution in [1.82, 2.24) is 4.90 Å². The van der Waals surface area contributed by atoms with Gasteiger partial charge in [0.1, 0.15) is 5.60 Å². The van der Waals surface area contributed by atoms with E-state index in [1.54, 1.807) is 11.9 Å². The van der Waals surface area contributed by atoms with Gasteiger partial charge in [-0.05, 0) is 69.2 Å². The highest BCUT2D eigenvalue weighted by Gasteiger charge is 2.20. The Hall–Kier alpha value is -2.24. The maximum atomic E-state index is 12.0. The molecule has 0 saturated heterocycles. The molecule has 1 unspecified atom stereocenters. The predicted molar refractivity (Wildman–Crippen MR) is 107 cm³/mol. The van der Waals surface area contributed by atoms with Crippen molar-refractivity contribution in [3.05, 3.63) is 29.3 Å². The van der Waals surface area contributed by atoms with E-state index in [1.807, 2.05) is 33.8 Å². The Morgan fingerprint density at radius 1 is 1.35 bits per heavy atom. The third kappa shape index (κ3) is 6.24. The normalized spacial score (nSPS) is 15.3. The highest BCUT2D eigenvalue weighted by atomic mass is 16.6. The van der Waals surface area contributed by atoms with Crippen LogP contribution >= 0.6 is 0 Å². The van der Waals surface area contributed by atoms with Crippen LogP contribution in [0, 0.1) is 5.92 Å². The van der Waals surface area contributed by atoms with Crippen molar-refractivity contribution in [2.45, 2.75) is 52.6 Å². The number of guanidine groups is 1. The number of hydrogen-bond acceptors (Lipinski definition) is 3. The molecule has 1 aromatic rings. The second kappa shape index (κ2) is 8.43. The quantitative estimate of drug-likeness (QED) is 0.623.